The Morgan fingerprint density at radius 3 is 2.71 bits per heavy atom. The van der Waals surface area contributed by atoms with Crippen molar-refractivity contribution < 1.29 is 0 Å². The van der Waals surface area contributed by atoms with Crippen molar-refractivity contribution in [1.82, 2.24) is 10.2 Å². The monoisotopic (exact) mass is 232 g/mol. The van der Waals surface area contributed by atoms with Crippen molar-refractivity contribution in [2.45, 2.75) is 31.8 Å². The molecule has 0 aliphatic heterocycles. The summed E-state index contributed by atoms with van der Waals surface area (Å²) in [6.07, 6.45) is 4.11. The van der Waals surface area contributed by atoms with Crippen molar-refractivity contribution in [3.05, 3.63) is 35.9 Å². The number of nitrogens with zero attached hydrogens (tertiary/aromatic N) is 1. The van der Waals surface area contributed by atoms with Gasteiger partial charge in [-0.25, -0.2) is 0 Å². The average molecular weight is 232 g/mol. The molecule has 0 bridgehead atoms. The van der Waals surface area contributed by atoms with Gasteiger partial charge in [-0.3, -0.25) is 0 Å². The normalized spacial score (nSPS) is 24.4. The molecule has 2 heteroatoms. The Morgan fingerprint density at radius 2 is 2.00 bits per heavy atom. The fourth-order valence-electron chi connectivity index (χ4n) is 3.00. The van der Waals surface area contributed by atoms with E-state index in [2.05, 4.69) is 54.6 Å². The summed E-state index contributed by atoms with van der Waals surface area (Å²) >= 11 is 0. The lowest BCUT2D eigenvalue weighted by Gasteiger charge is -2.25. The summed E-state index contributed by atoms with van der Waals surface area (Å²) in [6, 6.07) is 11.5. The minimum atomic E-state index is 0.730. The van der Waals surface area contributed by atoms with E-state index in [-0.39, 0.29) is 0 Å². The van der Waals surface area contributed by atoms with Gasteiger partial charge in [-0.15, -0.1) is 0 Å². The van der Waals surface area contributed by atoms with Crippen LogP contribution in [-0.4, -0.2) is 31.6 Å². The first-order valence-corrected chi connectivity index (χ1v) is 6.69. The summed E-state index contributed by atoms with van der Waals surface area (Å²) < 4.78 is 0. The molecule has 1 aliphatic rings. The first-order valence-electron chi connectivity index (χ1n) is 6.69. The van der Waals surface area contributed by atoms with Gasteiger partial charge in [0.15, 0.2) is 0 Å². The zero-order chi connectivity index (χ0) is 12.1. The molecule has 0 heterocycles. The molecule has 94 valence electrons. The molecule has 1 aliphatic carbocycles. The molecule has 1 aromatic rings. The lowest BCUT2D eigenvalue weighted by molar-refractivity contribution is 0.249. The second-order valence-corrected chi connectivity index (χ2v) is 5.27. The molecule has 1 saturated carbocycles. The van der Waals surface area contributed by atoms with Crippen LogP contribution < -0.4 is 5.32 Å². The van der Waals surface area contributed by atoms with Crippen molar-refractivity contribution in [2.24, 2.45) is 5.92 Å². The molecule has 17 heavy (non-hydrogen) atoms. The third-order valence-electron chi connectivity index (χ3n) is 3.87. The zero-order valence-corrected chi connectivity index (χ0v) is 11.0. The quantitative estimate of drug-likeness (QED) is 0.839. The third kappa shape index (κ3) is 3.55. The molecular formula is C15H24N2. The molecule has 0 spiro atoms. The summed E-state index contributed by atoms with van der Waals surface area (Å²) in [4.78, 5) is 2.45. The van der Waals surface area contributed by atoms with E-state index in [0.717, 1.165) is 18.5 Å². The maximum Gasteiger partial charge on any atom is 0.0230 e. The molecule has 0 aromatic heterocycles. The Balaban J connectivity index is 1.83. The van der Waals surface area contributed by atoms with Gasteiger partial charge in [-0.05, 0) is 38.4 Å². The molecule has 2 nitrogen and oxygen atoms in total. The maximum atomic E-state index is 3.46. The van der Waals surface area contributed by atoms with E-state index in [4.69, 9.17) is 0 Å². The van der Waals surface area contributed by atoms with Crippen LogP contribution in [0.5, 0.6) is 0 Å². The van der Waals surface area contributed by atoms with Gasteiger partial charge in [0, 0.05) is 19.1 Å². The average Bonchev–Trinajstić information content (AvgIpc) is 2.77. The van der Waals surface area contributed by atoms with Gasteiger partial charge in [0.2, 0.25) is 0 Å². The number of hydrogen-bond donors (Lipinski definition) is 1. The van der Waals surface area contributed by atoms with Crippen LogP contribution in [0.1, 0.15) is 24.8 Å². The van der Waals surface area contributed by atoms with Crippen molar-refractivity contribution in [1.29, 1.82) is 0 Å². The van der Waals surface area contributed by atoms with Crippen LogP contribution in [0.25, 0.3) is 0 Å². The third-order valence-corrected chi connectivity index (χ3v) is 3.87. The number of hydrogen-bond acceptors (Lipinski definition) is 2. The standard InChI is InChI=1S/C15H24N2/c1-16-15-10-6-9-14(15)12-17(2)11-13-7-4-3-5-8-13/h3-5,7-8,14-16H,6,9-12H2,1-2H3. The van der Waals surface area contributed by atoms with E-state index in [1.54, 1.807) is 0 Å². The SMILES string of the molecule is CNC1CCCC1CN(C)Cc1ccccc1. The number of rotatable bonds is 5. The summed E-state index contributed by atoms with van der Waals surface area (Å²) in [5.41, 5.74) is 1.41. The van der Waals surface area contributed by atoms with E-state index in [9.17, 15) is 0 Å². The molecule has 0 saturated heterocycles. The van der Waals surface area contributed by atoms with Gasteiger partial charge in [-0.2, -0.15) is 0 Å². The van der Waals surface area contributed by atoms with Crippen LogP contribution in [0.4, 0.5) is 0 Å². The van der Waals surface area contributed by atoms with Gasteiger partial charge in [0.25, 0.3) is 0 Å². The maximum absolute atomic E-state index is 3.46. The van der Waals surface area contributed by atoms with Crippen LogP contribution >= 0.6 is 0 Å². The van der Waals surface area contributed by atoms with Crippen molar-refractivity contribution in [2.75, 3.05) is 20.6 Å². The first kappa shape index (κ1) is 12.6. The number of benzene rings is 1. The van der Waals surface area contributed by atoms with Crippen LogP contribution in [0, 0.1) is 5.92 Å². The van der Waals surface area contributed by atoms with E-state index >= 15 is 0 Å². The largest absolute Gasteiger partial charge is 0.317 e. The van der Waals surface area contributed by atoms with Crippen molar-refractivity contribution in [3.8, 4) is 0 Å². The fraction of sp³-hybridized carbons (Fsp3) is 0.600. The lowest BCUT2D eigenvalue weighted by atomic mass is 10.0. The molecule has 2 unspecified atom stereocenters. The highest BCUT2D eigenvalue weighted by atomic mass is 15.1. The van der Waals surface area contributed by atoms with E-state index in [1.807, 2.05) is 0 Å². The highest BCUT2D eigenvalue weighted by Gasteiger charge is 2.26. The predicted octanol–water partition coefficient (Wildman–Crippen LogP) is 2.51. The Morgan fingerprint density at radius 1 is 1.24 bits per heavy atom. The second kappa shape index (κ2) is 6.18. The van der Waals surface area contributed by atoms with Crippen molar-refractivity contribution in [3.63, 3.8) is 0 Å². The Hall–Kier alpha value is -0.860. The molecule has 1 aromatic carbocycles. The molecule has 1 fully saturated rings. The smallest absolute Gasteiger partial charge is 0.0230 e. The molecular weight excluding hydrogens is 208 g/mol. The molecule has 0 amide bonds. The highest BCUT2D eigenvalue weighted by Crippen LogP contribution is 2.26. The topological polar surface area (TPSA) is 15.3 Å². The zero-order valence-electron chi connectivity index (χ0n) is 11.0. The van der Waals surface area contributed by atoms with E-state index in [0.29, 0.717) is 0 Å². The van der Waals surface area contributed by atoms with Gasteiger partial charge in [-0.1, -0.05) is 36.8 Å². The van der Waals surface area contributed by atoms with Crippen LogP contribution in [0.3, 0.4) is 0 Å². The summed E-state index contributed by atoms with van der Waals surface area (Å²) in [5, 5.41) is 3.46. The summed E-state index contributed by atoms with van der Waals surface area (Å²) in [7, 11) is 4.33. The molecule has 0 radical (unpaired) electrons. The van der Waals surface area contributed by atoms with Crippen LogP contribution in [0.15, 0.2) is 30.3 Å². The van der Waals surface area contributed by atoms with Gasteiger partial charge in [0.1, 0.15) is 0 Å². The van der Waals surface area contributed by atoms with Crippen molar-refractivity contribution >= 4 is 0 Å². The van der Waals surface area contributed by atoms with Gasteiger partial charge in [0.05, 0.1) is 0 Å². The minimum absolute atomic E-state index is 0.730. The Kier molecular flexibility index (Phi) is 4.57. The predicted molar refractivity (Wildman–Crippen MR) is 73.0 cm³/mol. The number of nitrogens with one attached hydrogen (secondary N) is 1. The Bertz CT molecular complexity index is 323. The van der Waals surface area contributed by atoms with Crippen LogP contribution in [0.2, 0.25) is 0 Å². The molecule has 2 atom stereocenters. The van der Waals surface area contributed by atoms with Gasteiger partial charge >= 0.3 is 0 Å². The van der Waals surface area contributed by atoms with Crippen LogP contribution in [-0.2, 0) is 6.54 Å². The summed E-state index contributed by atoms with van der Waals surface area (Å²) in [6.45, 7) is 2.27. The first-order chi connectivity index (χ1) is 8.29. The lowest BCUT2D eigenvalue weighted by Crippen LogP contribution is -2.36. The summed E-state index contributed by atoms with van der Waals surface area (Å²) in [5.74, 6) is 0.828. The molecule has 2 rings (SSSR count). The second-order valence-electron chi connectivity index (χ2n) is 5.27. The van der Waals surface area contributed by atoms with E-state index < -0.39 is 0 Å². The fourth-order valence-corrected chi connectivity index (χ4v) is 3.00. The molecule has 1 N–H and O–H groups in total. The van der Waals surface area contributed by atoms with Gasteiger partial charge < -0.3 is 10.2 Å². The van der Waals surface area contributed by atoms with E-state index in [1.165, 1.54) is 31.4 Å². The highest BCUT2D eigenvalue weighted by molar-refractivity contribution is 5.14. The Labute approximate surface area is 105 Å². The minimum Gasteiger partial charge on any atom is -0.317 e.